The lowest BCUT2D eigenvalue weighted by Crippen LogP contribution is -2.51. The van der Waals surface area contributed by atoms with Gasteiger partial charge in [0.05, 0.1) is 23.9 Å². The summed E-state index contributed by atoms with van der Waals surface area (Å²) in [6, 6.07) is 0.406. The predicted molar refractivity (Wildman–Crippen MR) is 77.5 cm³/mol. The second kappa shape index (κ2) is 5.68. The molecular formula is C15H30N2O2. The molecule has 0 aromatic rings. The van der Waals surface area contributed by atoms with Gasteiger partial charge in [-0.15, -0.1) is 0 Å². The molecule has 4 heteroatoms. The summed E-state index contributed by atoms with van der Waals surface area (Å²) >= 11 is 0. The quantitative estimate of drug-likeness (QED) is 0.842. The van der Waals surface area contributed by atoms with Crippen LogP contribution in [0.4, 0.5) is 0 Å². The Labute approximate surface area is 117 Å². The molecule has 2 aliphatic rings. The monoisotopic (exact) mass is 270 g/mol. The van der Waals surface area contributed by atoms with Crippen LogP contribution in [0.25, 0.3) is 0 Å². The molecule has 4 nitrogen and oxygen atoms in total. The Morgan fingerprint density at radius 2 is 2.00 bits per heavy atom. The summed E-state index contributed by atoms with van der Waals surface area (Å²) in [7, 11) is 0. The molecule has 0 amide bonds. The van der Waals surface area contributed by atoms with Crippen LogP contribution in [0.5, 0.6) is 0 Å². The fourth-order valence-corrected chi connectivity index (χ4v) is 3.35. The van der Waals surface area contributed by atoms with Gasteiger partial charge >= 0.3 is 0 Å². The topological polar surface area (TPSA) is 33.7 Å². The van der Waals surface area contributed by atoms with Gasteiger partial charge in [-0.3, -0.25) is 4.90 Å². The van der Waals surface area contributed by atoms with E-state index in [0.29, 0.717) is 12.1 Å². The minimum absolute atomic E-state index is 0.0238. The van der Waals surface area contributed by atoms with Crippen molar-refractivity contribution in [3.05, 3.63) is 0 Å². The van der Waals surface area contributed by atoms with Gasteiger partial charge in [-0.05, 0) is 40.7 Å². The van der Waals surface area contributed by atoms with Crippen molar-refractivity contribution >= 4 is 0 Å². The lowest BCUT2D eigenvalue weighted by atomic mass is 9.94. The Morgan fingerprint density at radius 1 is 1.26 bits per heavy atom. The summed E-state index contributed by atoms with van der Waals surface area (Å²) < 4.78 is 12.0. The molecule has 1 N–H and O–H groups in total. The van der Waals surface area contributed by atoms with Crippen molar-refractivity contribution in [2.75, 3.05) is 32.8 Å². The Morgan fingerprint density at radius 3 is 2.58 bits per heavy atom. The van der Waals surface area contributed by atoms with Gasteiger partial charge in [-0.2, -0.15) is 0 Å². The highest BCUT2D eigenvalue weighted by atomic mass is 16.5. The molecule has 0 aliphatic carbocycles. The van der Waals surface area contributed by atoms with Crippen molar-refractivity contribution in [2.24, 2.45) is 0 Å². The molecule has 2 heterocycles. The van der Waals surface area contributed by atoms with E-state index in [2.05, 4.69) is 44.8 Å². The van der Waals surface area contributed by atoms with Crippen LogP contribution in [-0.4, -0.2) is 61.0 Å². The van der Waals surface area contributed by atoms with E-state index >= 15 is 0 Å². The standard InChI is InChI=1S/C15H30N2O2/c1-6-17-7-8-18-12(11-17)10-16-13-9-14(2,3)19-15(13,4)5/h12-13,16H,6-11H2,1-5H3. The highest BCUT2D eigenvalue weighted by Crippen LogP contribution is 2.37. The summed E-state index contributed by atoms with van der Waals surface area (Å²) in [6.45, 7) is 15.9. The fourth-order valence-electron chi connectivity index (χ4n) is 3.35. The summed E-state index contributed by atoms with van der Waals surface area (Å²) in [5.74, 6) is 0. The van der Waals surface area contributed by atoms with E-state index in [1.54, 1.807) is 0 Å². The highest BCUT2D eigenvalue weighted by Gasteiger charge is 2.45. The molecule has 0 aromatic heterocycles. The molecule has 2 saturated heterocycles. The number of nitrogens with zero attached hydrogens (tertiary/aromatic N) is 1. The maximum absolute atomic E-state index is 6.12. The minimum Gasteiger partial charge on any atom is -0.374 e. The first-order valence-electron chi connectivity index (χ1n) is 7.60. The van der Waals surface area contributed by atoms with Gasteiger partial charge in [0.25, 0.3) is 0 Å². The third-order valence-corrected chi connectivity index (χ3v) is 4.34. The number of nitrogens with one attached hydrogen (secondary N) is 1. The third kappa shape index (κ3) is 3.91. The molecule has 2 fully saturated rings. The number of likely N-dealkylation sites (N-methyl/N-ethyl adjacent to an activating group) is 1. The van der Waals surface area contributed by atoms with Gasteiger partial charge in [0, 0.05) is 25.7 Å². The van der Waals surface area contributed by atoms with Crippen LogP contribution in [0.15, 0.2) is 0 Å². The zero-order valence-electron chi connectivity index (χ0n) is 13.2. The largest absolute Gasteiger partial charge is 0.374 e. The highest BCUT2D eigenvalue weighted by molar-refractivity contribution is 4.99. The Bertz CT molecular complexity index is 305. The van der Waals surface area contributed by atoms with Crippen molar-refractivity contribution in [3.63, 3.8) is 0 Å². The number of morpholine rings is 1. The summed E-state index contributed by atoms with van der Waals surface area (Å²) in [4.78, 5) is 2.45. The summed E-state index contributed by atoms with van der Waals surface area (Å²) in [5, 5.41) is 3.67. The molecule has 0 aromatic carbocycles. The van der Waals surface area contributed by atoms with E-state index in [-0.39, 0.29) is 11.2 Å². The summed E-state index contributed by atoms with van der Waals surface area (Å²) in [6.07, 6.45) is 1.37. The first-order chi connectivity index (χ1) is 8.82. The van der Waals surface area contributed by atoms with Gasteiger partial charge in [-0.25, -0.2) is 0 Å². The van der Waals surface area contributed by atoms with E-state index < -0.39 is 0 Å². The first kappa shape index (κ1) is 15.2. The second-order valence-corrected chi connectivity index (χ2v) is 7.02. The van der Waals surface area contributed by atoms with Crippen LogP contribution in [0, 0.1) is 0 Å². The zero-order chi connectivity index (χ0) is 14.1. The molecule has 2 rings (SSSR count). The lowest BCUT2D eigenvalue weighted by Gasteiger charge is -2.34. The molecule has 112 valence electrons. The van der Waals surface area contributed by atoms with Crippen LogP contribution < -0.4 is 5.32 Å². The van der Waals surface area contributed by atoms with Crippen LogP contribution in [-0.2, 0) is 9.47 Å². The van der Waals surface area contributed by atoms with Gasteiger partial charge < -0.3 is 14.8 Å². The molecule has 0 bridgehead atoms. The Balaban J connectivity index is 1.82. The van der Waals surface area contributed by atoms with Gasteiger partial charge in [0.1, 0.15) is 0 Å². The minimum atomic E-state index is -0.0946. The molecule has 0 radical (unpaired) electrons. The maximum atomic E-state index is 6.12. The first-order valence-corrected chi connectivity index (χ1v) is 7.60. The van der Waals surface area contributed by atoms with Crippen LogP contribution in [0.1, 0.15) is 41.0 Å². The van der Waals surface area contributed by atoms with Crippen LogP contribution >= 0.6 is 0 Å². The van der Waals surface area contributed by atoms with E-state index in [1.807, 2.05) is 0 Å². The molecule has 2 atom stereocenters. The number of rotatable bonds is 4. The summed E-state index contributed by atoms with van der Waals surface area (Å²) in [5.41, 5.74) is -0.118. The Kier molecular flexibility index (Phi) is 4.56. The molecule has 0 spiro atoms. The van der Waals surface area contributed by atoms with E-state index in [0.717, 1.165) is 39.2 Å². The fraction of sp³-hybridized carbons (Fsp3) is 1.00. The van der Waals surface area contributed by atoms with E-state index in [9.17, 15) is 0 Å². The van der Waals surface area contributed by atoms with Crippen molar-refractivity contribution in [1.29, 1.82) is 0 Å². The molecule has 2 aliphatic heterocycles. The normalized spacial score (nSPS) is 34.6. The number of ether oxygens (including phenoxy) is 2. The van der Waals surface area contributed by atoms with Crippen molar-refractivity contribution in [2.45, 2.75) is 64.4 Å². The Hall–Kier alpha value is -0.160. The molecule has 0 saturated carbocycles. The maximum Gasteiger partial charge on any atom is 0.0826 e. The van der Waals surface area contributed by atoms with E-state index in [4.69, 9.17) is 9.47 Å². The van der Waals surface area contributed by atoms with Gasteiger partial charge in [-0.1, -0.05) is 6.92 Å². The third-order valence-electron chi connectivity index (χ3n) is 4.34. The van der Waals surface area contributed by atoms with Gasteiger partial charge in [0.2, 0.25) is 0 Å². The predicted octanol–water partition coefficient (Wildman–Crippen LogP) is 1.64. The molecule has 2 unspecified atom stereocenters. The number of hydrogen-bond acceptors (Lipinski definition) is 4. The van der Waals surface area contributed by atoms with Crippen molar-refractivity contribution < 1.29 is 9.47 Å². The number of hydrogen-bond donors (Lipinski definition) is 1. The van der Waals surface area contributed by atoms with E-state index in [1.165, 1.54) is 0 Å². The smallest absolute Gasteiger partial charge is 0.0826 e. The lowest BCUT2D eigenvalue weighted by molar-refractivity contribution is -0.0719. The SMILES string of the molecule is CCN1CCOC(CNC2CC(C)(C)OC2(C)C)C1. The van der Waals surface area contributed by atoms with Crippen LogP contribution in [0.3, 0.4) is 0 Å². The average molecular weight is 270 g/mol. The zero-order valence-corrected chi connectivity index (χ0v) is 13.2. The van der Waals surface area contributed by atoms with Gasteiger partial charge in [0.15, 0.2) is 0 Å². The van der Waals surface area contributed by atoms with Crippen molar-refractivity contribution in [3.8, 4) is 0 Å². The molecular weight excluding hydrogens is 240 g/mol. The average Bonchev–Trinajstić information content (AvgIpc) is 2.54. The molecule has 19 heavy (non-hydrogen) atoms. The van der Waals surface area contributed by atoms with Crippen LogP contribution in [0.2, 0.25) is 0 Å². The second-order valence-electron chi connectivity index (χ2n) is 7.02. The van der Waals surface area contributed by atoms with Crippen molar-refractivity contribution in [1.82, 2.24) is 10.2 Å².